The Morgan fingerprint density at radius 2 is 1.43 bits per heavy atom. The molecule has 0 unspecified atom stereocenters. The minimum Gasteiger partial charge on any atom is -0.457 e. The molecule has 0 amide bonds. The van der Waals surface area contributed by atoms with E-state index in [0.717, 1.165) is 34.1 Å². The van der Waals surface area contributed by atoms with Gasteiger partial charge in [-0.15, -0.1) is 0 Å². The first-order valence-electron chi connectivity index (χ1n) is 6.88. The molecule has 1 heterocycles. The van der Waals surface area contributed by atoms with Crippen LogP contribution < -0.4 is 9.47 Å². The Labute approximate surface area is 123 Å². The fourth-order valence-corrected chi connectivity index (χ4v) is 2.43. The number of rotatable bonds is 2. The Bertz CT molecular complexity index is 779. The highest BCUT2D eigenvalue weighted by Gasteiger charge is 2.20. The van der Waals surface area contributed by atoms with E-state index < -0.39 is 0 Å². The molecule has 2 heteroatoms. The highest BCUT2D eigenvalue weighted by molar-refractivity contribution is 5.61. The Balaban J connectivity index is 1.73. The van der Waals surface area contributed by atoms with Crippen LogP contribution in [0.2, 0.25) is 0 Å². The molecular formula is C19H13O2. The second-order valence-corrected chi connectivity index (χ2v) is 4.87. The van der Waals surface area contributed by atoms with Crippen LogP contribution in [-0.2, 0) is 0 Å². The van der Waals surface area contributed by atoms with Crippen molar-refractivity contribution in [2.45, 2.75) is 0 Å². The Kier molecular flexibility index (Phi) is 2.86. The maximum atomic E-state index is 5.98. The van der Waals surface area contributed by atoms with Crippen LogP contribution in [0.1, 0.15) is 11.1 Å². The standard InChI is InChI=1S/C19H13O2/c1-2-8-15(9-3-1)20-18-11-6-12-19-16(18)13-14-7-4-5-10-17(14)21-19/h1-13H. The lowest BCUT2D eigenvalue weighted by Crippen LogP contribution is -2.02. The van der Waals surface area contributed by atoms with Gasteiger partial charge in [0.25, 0.3) is 0 Å². The van der Waals surface area contributed by atoms with Gasteiger partial charge in [-0.3, -0.25) is 0 Å². The average Bonchev–Trinajstić information content (AvgIpc) is 2.54. The van der Waals surface area contributed by atoms with Crippen LogP contribution in [0.5, 0.6) is 23.0 Å². The lowest BCUT2D eigenvalue weighted by atomic mass is 9.99. The third-order valence-electron chi connectivity index (χ3n) is 3.44. The molecule has 0 atom stereocenters. The minimum atomic E-state index is 0.799. The number of hydrogen-bond donors (Lipinski definition) is 0. The maximum absolute atomic E-state index is 5.98. The largest absolute Gasteiger partial charge is 0.457 e. The van der Waals surface area contributed by atoms with Crippen LogP contribution in [-0.4, -0.2) is 0 Å². The first kappa shape index (κ1) is 12.0. The van der Waals surface area contributed by atoms with Gasteiger partial charge in [0.15, 0.2) is 0 Å². The molecule has 101 valence electrons. The van der Waals surface area contributed by atoms with E-state index in [2.05, 4.69) is 6.42 Å². The predicted molar refractivity (Wildman–Crippen MR) is 82.0 cm³/mol. The van der Waals surface area contributed by atoms with E-state index in [9.17, 15) is 0 Å². The zero-order valence-corrected chi connectivity index (χ0v) is 11.3. The Hall–Kier alpha value is -2.74. The summed E-state index contributed by atoms with van der Waals surface area (Å²) in [5, 5.41) is 0. The van der Waals surface area contributed by atoms with Gasteiger partial charge >= 0.3 is 0 Å². The molecule has 2 nitrogen and oxygen atoms in total. The molecule has 0 fully saturated rings. The SMILES string of the molecule is [CH]1c2ccccc2Oc2cccc(Oc3ccccc3)c21. The van der Waals surface area contributed by atoms with Gasteiger partial charge < -0.3 is 9.47 Å². The molecule has 4 rings (SSSR count). The van der Waals surface area contributed by atoms with Crippen molar-refractivity contribution in [3.8, 4) is 23.0 Å². The van der Waals surface area contributed by atoms with Gasteiger partial charge in [0, 0.05) is 17.5 Å². The molecule has 0 saturated heterocycles. The Morgan fingerprint density at radius 1 is 0.667 bits per heavy atom. The van der Waals surface area contributed by atoms with E-state index in [1.54, 1.807) is 0 Å². The van der Waals surface area contributed by atoms with Gasteiger partial charge in [-0.1, -0.05) is 42.5 Å². The quantitative estimate of drug-likeness (QED) is 0.500. The topological polar surface area (TPSA) is 18.5 Å². The zero-order chi connectivity index (χ0) is 14.1. The van der Waals surface area contributed by atoms with E-state index in [1.165, 1.54) is 0 Å². The van der Waals surface area contributed by atoms with Crippen molar-refractivity contribution >= 4 is 0 Å². The second kappa shape index (κ2) is 4.98. The summed E-state index contributed by atoms with van der Waals surface area (Å²) in [6.07, 6.45) is 2.10. The Morgan fingerprint density at radius 3 is 2.33 bits per heavy atom. The van der Waals surface area contributed by atoms with Gasteiger partial charge in [0.05, 0.1) is 0 Å². The van der Waals surface area contributed by atoms with Gasteiger partial charge in [0.2, 0.25) is 0 Å². The predicted octanol–water partition coefficient (Wildman–Crippen LogP) is 5.19. The summed E-state index contributed by atoms with van der Waals surface area (Å²) in [5.74, 6) is 3.32. The highest BCUT2D eigenvalue weighted by Crippen LogP contribution is 2.42. The molecule has 1 aliphatic heterocycles. The van der Waals surface area contributed by atoms with E-state index in [1.807, 2.05) is 72.8 Å². The molecule has 0 spiro atoms. The number of ether oxygens (including phenoxy) is 2. The molecule has 0 saturated carbocycles. The summed E-state index contributed by atoms with van der Waals surface area (Å²) in [6, 6.07) is 23.6. The molecule has 0 aromatic heterocycles. The zero-order valence-electron chi connectivity index (χ0n) is 11.3. The van der Waals surface area contributed by atoms with Gasteiger partial charge in [-0.05, 0) is 30.3 Å². The molecular weight excluding hydrogens is 260 g/mol. The molecule has 3 aromatic rings. The fourth-order valence-electron chi connectivity index (χ4n) is 2.43. The van der Waals surface area contributed by atoms with Crippen LogP contribution >= 0.6 is 0 Å². The number of para-hydroxylation sites is 2. The van der Waals surface area contributed by atoms with Crippen LogP contribution in [0.15, 0.2) is 72.8 Å². The molecule has 1 aliphatic rings. The number of fused-ring (bicyclic) bond motifs is 2. The van der Waals surface area contributed by atoms with Crippen LogP contribution in [0.4, 0.5) is 0 Å². The first-order chi connectivity index (χ1) is 10.4. The van der Waals surface area contributed by atoms with Crippen LogP contribution in [0, 0.1) is 6.42 Å². The molecule has 3 aromatic carbocycles. The summed E-state index contributed by atoms with van der Waals surface area (Å²) in [7, 11) is 0. The van der Waals surface area contributed by atoms with Crippen molar-refractivity contribution in [2.75, 3.05) is 0 Å². The first-order valence-corrected chi connectivity index (χ1v) is 6.88. The average molecular weight is 273 g/mol. The number of hydrogen-bond acceptors (Lipinski definition) is 2. The smallest absolute Gasteiger partial charge is 0.135 e. The van der Waals surface area contributed by atoms with Crippen LogP contribution in [0.25, 0.3) is 0 Å². The molecule has 1 radical (unpaired) electrons. The lowest BCUT2D eigenvalue weighted by Gasteiger charge is -2.22. The molecule has 0 aliphatic carbocycles. The number of benzene rings is 3. The minimum absolute atomic E-state index is 0.799. The van der Waals surface area contributed by atoms with Crippen LogP contribution in [0.3, 0.4) is 0 Å². The van der Waals surface area contributed by atoms with Gasteiger partial charge in [0.1, 0.15) is 23.0 Å². The van der Waals surface area contributed by atoms with Crippen molar-refractivity contribution < 1.29 is 9.47 Å². The van der Waals surface area contributed by atoms with E-state index in [-0.39, 0.29) is 0 Å². The van der Waals surface area contributed by atoms with Gasteiger partial charge in [-0.25, -0.2) is 0 Å². The summed E-state index contributed by atoms with van der Waals surface area (Å²) < 4.78 is 11.9. The third-order valence-corrected chi connectivity index (χ3v) is 3.44. The normalized spacial score (nSPS) is 12.0. The van der Waals surface area contributed by atoms with Crippen molar-refractivity contribution in [3.63, 3.8) is 0 Å². The van der Waals surface area contributed by atoms with Crippen molar-refractivity contribution in [1.82, 2.24) is 0 Å². The van der Waals surface area contributed by atoms with E-state index in [4.69, 9.17) is 9.47 Å². The molecule has 0 N–H and O–H groups in total. The highest BCUT2D eigenvalue weighted by atomic mass is 16.5. The van der Waals surface area contributed by atoms with Crippen molar-refractivity contribution in [2.24, 2.45) is 0 Å². The second-order valence-electron chi connectivity index (χ2n) is 4.87. The van der Waals surface area contributed by atoms with Gasteiger partial charge in [-0.2, -0.15) is 0 Å². The molecule has 0 bridgehead atoms. The maximum Gasteiger partial charge on any atom is 0.135 e. The monoisotopic (exact) mass is 273 g/mol. The van der Waals surface area contributed by atoms with Crippen molar-refractivity contribution in [1.29, 1.82) is 0 Å². The summed E-state index contributed by atoms with van der Waals surface area (Å²) in [6.45, 7) is 0. The summed E-state index contributed by atoms with van der Waals surface area (Å²) in [4.78, 5) is 0. The lowest BCUT2D eigenvalue weighted by molar-refractivity contribution is 0.446. The fraction of sp³-hybridized carbons (Fsp3) is 0. The molecule has 21 heavy (non-hydrogen) atoms. The van der Waals surface area contributed by atoms with Crippen molar-refractivity contribution in [3.05, 3.63) is 90.3 Å². The van der Waals surface area contributed by atoms with E-state index >= 15 is 0 Å². The van der Waals surface area contributed by atoms with E-state index in [0.29, 0.717) is 0 Å². The summed E-state index contributed by atoms with van der Waals surface area (Å²) >= 11 is 0. The third kappa shape index (κ3) is 2.25. The summed E-state index contributed by atoms with van der Waals surface area (Å²) in [5.41, 5.74) is 2.04.